The van der Waals surface area contributed by atoms with E-state index in [1.165, 1.54) is 7.11 Å². The average Bonchev–Trinajstić information content (AvgIpc) is 2.56. The van der Waals surface area contributed by atoms with Gasteiger partial charge in [0, 0.05) is 11.5 Å². The molecule has 5 nitrogen and oxygen atoms in total. The van der Waals surface area contributed by atoms with Crippen LogP contribution in [0.4, 0.5) is 0 Å². The van der Waals surface area contributed by atoms with Crippen LogP contribution in [0.2, 0.25) is 0 Å². The highest BCUT2D eigenvalue weighted by Crippen LogP contribution is 2.25. The van der Waals surface area contributed by atoms with Gasteiger partial charge >= 0.3 is 5.97 Å². The van der Waals surface area contributed by atoms with E-state index in [4.69, 9.17) is 0 Å². The van der Waals surface area contributed by atoms with Crippen molar-refractivity contribution in [1.82, 2.24) is 14.8 Å². The fourth-order valence-corrected chi connectivity index (χ4v) is 1.76. The van der Waals surface area contributed by atoms with Crippen molar-refractivity contribution < 1.29 is 9.53 Å². The lowest BCUT2D eigenvalue weighted by molar-refractivity contribution is -0.143. The van der Waals surface area contributed by atoms with E-state index in [0.29, 0.717) is 5.01 Å². The Labute approximate surface area is 80.3 Å². The molecular weight excluding hydrogens is 190 g/mol. The molecule has 72 valence electrons. The smallest absolute Gasteiger partial charge is 0.316 e. The molecule has 0 aliphatic carbocycles. The molecule has 13 heavy (non-hydrogen) atoms. The number of hydrogen-bond acceptors (Lipinski definition) is 6. The molecule has 1 unspecified atom stereocenters. The van der Waals surface area contributed by atoms with Crippen LogP contribution in [0.3, 0.4) is 0 Å². The zero-order valence-corrected chi connectivity index (χ0v) is 8.54. The molecule has 0 amide bonds. The fraction of sp³-hybridized carbons (Fsp3) is 0.714. The Hall–Kier alpha value is -1.04. The first-order valence-electron chi connectivity index (χ1n) is 3.89. The zero-order valence-electron chi connectivity index (χ0n) is 7.72. The molecule has 0 bridgehead atoms. The summed E-state index contributed by atoms with van der Waals surface area (Å²) < 4.78 is 8.28. The van der Waals surface area contributed by atoms with Crippen molar-refractivity contribution in [2.45, 2.75) is 19.8 Å². The van der Waals surface area contributed by atoms with Gasteiger partial charge in [-0.2, -0.15) is 0 Å². The maximum absolute atomic E-state index is 11.3. The van der Waals surface area contributed by atoms with Gasteiger partial charge in [-0.05, 0) is 11.1 Å². The molecular formula is C7H11N3O2S. The predicted molar refractivity (Wildman–Crippen MR) is 47.3 cm³/mol. The molecule has 0 aromatic carbocycles. The van der Waals surface area contributed by atoms with Crippen molar-refractivity contribution in [2.24, 2.45) is 5.92 Å². The summed E-state index contributed by atoms with van der Waals surface area (Å²) in [4.78, 5) is 11.3. The van der Waals surface area contributed by atoms with Crippen LogP contribution in [0.15, 0.2) is 0 Å². The number of hydrogen-bond donors (Lipinski definition) is 0. The van der Waals surface area contributed by atoms with Crippen molar-refractivity contribution in [1.29, 1.82) is 0 Å². The number of carbonyl (C=O) groups excluding carboxylic acids is 1. The Balaban J connectivity index is 2.87. The second kappa shape index (κ2) is 4.27. The zero-order chi connectivity index (χ0) is 9.84. The molecule has 0 spiro atoms. The third-order valence-corrected chi connectivity index (χ3v) is 2.38. The first-order chi connectivity index (χ1) is 6.16. The van der Waals surface area contributed by atoms with Crippen molar-refractivity contribution in [3.8, 4) is 0 Å². The minimum Gasteiger partial charge on any atom is -0.468 e. The molecule has 1 atom stereocenters. The Kier molecular flexibility index (Phi) is 3.30. The minimum absolute atomic E-state index is 0.141. The number of nitrogens with zero attached hydrogens (tertiary/aromatic N) is 3. The van der Waals surface area contributed by atoms with E-state index < -0.39 is 0 Å². The Morgan fingerprint density at radius 1 is 1.54 bits per heavy atom. The van der Waals surface area contributed by atoms with Crippen molar-refractivity contribution >= 4 is 17.5 Å². The third-order valence-electron chi connectivity index (χ3n) is 1.70. The normalized spacial score (nSPS) is 12.9. The fourth-order valence-electron chi connectivity index (χ4n) is 1.04. The third kappa shape index (κ3) is 2.21. The number of ether oxygens (including phenoxy) is 1. The summed E-state index contributed by atoms with van der Waals surface area (Å²) in [6.45, 7) is 3.87. The summed E-state index contributed by atoms with van der Waals surface area (Å²) in [5.74, 6) is -0.485. The van der Waals surface area contributed by atoms with E-state index in [1.807, 2.05) is 13.8 Å². The summed E-state index contributed by atoms with van der Waals surface area (Å²) in [6, 6.07) is 0. The molecule has 0 fully saturated rings. The van der Waals surface area contributed by atoms with Gasteiger partial charge in [-0.1, -0.05) is 18.3 Å². The van der Waals surface area contributed by atoms with E-state index in [-0.39, 0.29) is 17.8 Å². The van der Waals surface area contributed by atoms with Crippen LogP contribution in [-0.4, -0.2) is 27.9 Å². The molecule has 6 heteroatoms. The second-order valence-corrected chi connectivity index (χ2v) is 3.71. The lowest BCUT2D eigenvalue weighted by Gasteiger charge is -2.13. The Bertz CT molecular complexity index is 273. The molecule has 0 aliphatic heterocycles. The van der Waals surface area contributed by atoms with Gasteiger partial charge in [0.1, 0.15) is 5.92 Å². The predicted octanol–water partition coefficient (Wildman–Crippen LogP) is 0.846. The molecule has 0 radical (unpaired) electrons. The Morgan fingerprint density at radius 2 is 2.23 bits per heavy atom. The van der Waals surface area contributed by atoms with E-state index in [1.54, 1.807) is 0 Å². The first-order valence-corrected chi connectivity index (χ1v) is 4.67. The topological polar surface area (TPSA) is 65.0 Å². The second-order valence-electron chi connectivity index (χ2n) is 2.95. The standard InChI is InChI=1S/C7H11N3O2S/c1-4(2)5(7(11)12-3)6-8-9-10-13-6/h4-5H,1-3H3. The molecule has 0 saturated carbocycles. The molecule has 1 rings (SSSR count). The number of rotatable bonds is 3. The number of aromatic nitrogens is 3. The number of esters is 1. The summed E-state index contributed by atoms with van der Waals surface area (Å²) in [5, 5.41) is 7.83. The van der Waals surface area contributed by atoms with Crippen molar-refractivity contribution in [3.63, 3.8) is 0 Å². The number of methoxy groups -OCH3 is 1. The molecule has 1 aromatic heterocycles. The lowest BCUT2D eigenvalue weighted by Crippen LogP contribution is -2.19. The van der Waals surface area contributed by atoms with E-state index >= 15 is 0 Å². The van der Waals surface area contributed by atoms with Gasteiger partial charge in [-0.15, -0.1) is 5.10 Å². The van der Waals surface area contributed by atoms with Gasteiger partial charge in [0.25, 0.3) is 0 Å². The van der Waals surface area contributed by atoms with Crippen LogP contribution in [0.25, 0.3) is 0 Å². The summed E-state index contributed by atoms with van der Waals surface area (Å²) >= 11 is 1.13. The first kappa shape index (κ1) is 10.0. The summed E-state index contributed by atoms with van der Waals surface area (Å²) in [7, 11) is 1.37. The van der Waals surface area contributed by atoms with Crippen molar-refractivity contribution in [2.75, 3.05) is 7.11 Å². The van der Waals surface area contributed by atoms with Gasteiger partial charge in [-0.25, -0.2) is 0 Å². The minimum atomic E-state index is -0.343. The number of carbonyl (C=O) groups is 1. The lowest BCUT2D eigenvalue weighted by atomic mass is 9.97. The van der Waals surface area contributed by atoms with Gasteiger partial charge in [0.15, 0.2) is 5.01 Å². The molecule has 0 N–H and O–H groups in total. The summed E-state index contributed by atoms with van der Waals surface area (Å²) in [5.41, 5.74) is 0. The highest BCUT2D eigenvalue weighted by Gasteiger charge is 2.28. The van der Waals surface area contributed by atoms with Crippen molar-refractivity contribution in [3.05, 3.63) is 5.01 Å². The molecule has 1 heterocycles. The van der Waals surface area contributed by atoms with Gasteiger partial charge in [0.05, 0.1) is 7.11 Å². The average molecular weight is 201 g/mol. The largest absolute Gasteiger partial charge is 0.468 e. The van der Waals surface area contributed by atoms with E-state index in [2.05, 4.69) is 19.5 Å². The molecule has 1 aromatic rings. The summed E-state index contributed by atoms with van der Waals surface area (Å²) in [6.07, 6.45) is 0. The van der Waals surface area contributed by atoms with Gasteiger partial charge in [0.2, 0.25) is 0 Å². The maximum Gasteiger partial charge on any atom is 0.316 e. The highest BCUT2D eigenvalue weighted by molar-refractivity contribution is 7.05. The van der Waals surface area contributed by atoms with E-state index in [0.717, 1.165) is 11.5 Å². The van der Waals surface area contributed by atoms with Gasteiger partial charge < -0.3 is 4.74 Å². The monoisotopic (exact) mass is 201 g/mol. The van der Waals surface area contributed by atoms with E-state index in [9.17, 15) is 4.79 Å². The van der Waals surface area contributed by atoms with Crippen LogP contribution in [-0.2, 0) is 9.53 Å². The van der Waals surface area contributed by atoms with Crippen LogP contribution < -0.4 is 0 Å². The van der Waals surface area contributed by atoms with Gasteiger partial charge in [-0.3, -0.25) is 4.79 Å². The molecule has 0 aliphatic rings. The SMILES string of the molecule is COC(=O)C(c1nnns1)C(C)C. The van der Waals surface area contributed by atoms with Crippen LogP contribution >= 0.6 is 11.5 Å². The van der Waals surface area contributed by atoms with Crippen LogP contribution in [0, 0.1) is 5.92 Å². The van der Waals surface area contributed by atoms with Crippen LogP contribution in [0.5, 0.6) is 0 Å². The van der Waals surface area contributed by atoms with Crippen LogP contribution in [0.1, 0.15) is 24.8 Å². The highest BCUT2D eigenvalue weighted by atomic mass is 32.1. The Morgan fingerprint density at radius 3 is 2.62 bits per heavy atom. The quantitative estimate of drug-likeness (QED) is 0.678. The maximum atomic E-state index is 11.3. The molecule has 0 saturated heterocycles.